The van der Waals surface area contributed by atoms with Gasteiger partial charge in [0, 0.05) is 18.2 Å². The largest absolute Gasteiger partial charge is 0.466 e. The fraction of sp³-hybridized carbons (Fsp3) is 0.632. The molecule has 4 amide bonds. The molecule has 0 aliphatic carbocycles. The summed E-state index contributed by atoms with van der Waals surface area (Å²) in [6.07, 6.45) is 3.95. The Bertz CT molecular complexity index is 741. The quantitative estimate of drug-likeness (QED) is 0.835. The molecule has 0 spiro atoms. The van der Waals surface area contributed by atoms with E-state index in [-0.39, 0.29) is 18.5 Å². The van der Waals surface area contributed by atoms with Crippen LogP contribution in [0.3, 0.4) is 0 Å². The molecule has 0 radical (unpaired) electrons. The summed E-state index contributed by atoms with van der Waals surface area (Å²) in [6, 6.07) is 1.42. The second kappa shape index (κ2) is 6.78. The molecule has 0 saturated carbocycles. The number of urea groups is 1. The Morgan fingerprint density at radius 1 is 1.35 bits per heavy atom. The number of carbonyl (C=O) groups excluding carboxylic acids is 3. The predicted octanol–water partition coefficient (Wildman–Crippen LogP) is 2.45. The van der Waals surface area contributed by atoms with Crippen molar-refractivity contribution in [3.63, 3.8) is 0 Å². The van der Waals surface area contributed by atoms with E-state index in [0.29, 0.717) is 23.6 Å². The maximum atomic E-state index is 13.0. The number of aryl methyl sites for hydroxylation is 2. The Labute approximate surface area is 153 Å². The Kier molecular flexibility index (Phi) is 4.82. The predicted molar refractivity (Wildman–Crippen MR) is 95.4 cm³/mol. The lowest BCUT2D eigenvalue weighted by Gasteiger charge is -2.36. The van der Waals surface area contributed by atoms with Crippen LogP contribution in [0.15, 0.2) is 10.5 Å². The second-order valence-corrected chi connectivity index (χ2v) is 7.42. The number of likely N-dealkylation sites (tertiary alicyclic amines) is 1. The summed E-state index contributed by atoms with van der Waals surface area (Å²) in [6.45, 7) is 7.75. The van der Waals surface area contributed by atoms with Gasteiger partial charge in [-0.25, -0.2) is 4.79 Å². The zero-order chi connectivity index (χ0) is 19.1. The minimum Gasteiger partial charge on any atom is -0.466 e. The van der Waals surface area contributed by atoms with E-state index in [0.717, 1.165) is 30.6 Å². The number of hydrogen-bond acceptors (Lipinski definition) is 4. The van der Waals surface area contributed by atoms with Crippen LogP contribution in [0.4, 0.5) is 4.79 Å². The van der Waals surface area contributed by atoms with Crippen LogP contribution in [0.1, 0.15) is 56.6 Å². The van der Waals surface area contributed by atoms with E-state index in [1.165, 1.54) is 0 Å². The number of carbonyl (C=O) groups is 3. The van der Waals surface area contributed by atoms with Crippen molar-refractivity contribution in [3.8, 4) is 0 Å². The molecule has 142 valence electrons. The SMILES string of the molecule is CCC1CCCCN1C(=O)CN1C(=O)NC(C)(c2cc(C)oc2C)C1=O. The Morgan fingerprint density at radius 2 is 2.08 bits per heavy atom. The molecule has 1 aromatic rings. The standard InChI is InChI=1S/C19H27N3O4/c1-5-14-8-6-7-9-21(14)16(23)11-22-17(24)19(4,20-18(22)25)15-10-12(2)26-13(15)3/h10,14H,5-9,11H2,1-4H3,(H,20,25). The van der Waals surface area contributed by atoms with Crippen LogP contribution >= 0.6 is 0 Å². The molecule has 3 rings (SSSR count). The number of furan rings is 1. The first kappa shape index (κ1) is 18.5. The minimum atomic E-state index is -1.20. The minimum absolute atomic E-state index is 0.163. The molecule has 7 nitrogen and oxygen atoms in total. The summed E-state index contributed by atoms with van der Waals surface area (Å²) in [5.74, 6) is 0.692. The number of amides is 4. The van der Waals surface area contributed by atoms with E-state index < -0.39 is 17.5 Å². The molecule has 26 heavy (non-hydrogen) atoms. The topological polar surface area (TPSA) is 82.9 Å². The highest BCUT2D eigenvalue weighted by molar-refractivity contribution is 6.09. The monoisotopic (exact) mass is 361 g/mol. The molecule has 2 saturated heterocycles. The fourth-order valence-electron chi connectivity index (χ4n) is 4.13. The number of nitrogens with zero attached hydrogens (tertiary/aromatic N) is 2. The zero-order valence-corrected chi connectivity index (χ0v) is 15.9. The van der Waals surface area contributed by atoms with Crippen LogP contribution in [0.2, 0.25) is 0 Å². The van der Waals surface area contributed by atoms with Crippen molar-refractivity contribution in [2.75, 3.05) is 13.1 Å². The highest BCUT2D eigenvalue weighted by atomic mass is 16.3. The van der Waals surface area contributed by atoms with E-state index in [1.807, 2.05) is 4.90 Å². The van der Waals surface area contributed by atoms with Gasteiger partial charge in [0.1, 0.15) is 23.6 Å². The molecule has 2 unspecified atom stereocenters. The number of imide groups is 1. The van der Waals surface area contributed by atoms with Gasteiger partial charge in [0.15, 0.2) is 0 Å². The summed E-state index contributed by atoms with van der Waals surface area (Å²) in [5.41, 5.74) is -0.571. The molecular formula is C19H27N3O4. The highest BCUT2D eigenvalue weighted by Crippen LogP contribution is 2.33. The van der Waals surface area contributed by atoms with Gasteiger partial charge >= 0.3 is 6.03 Å². The first-order valence-electron chi connectivity index (χ1n) is 9.29. The van der Waals surface area contributed by atoms with Crippen molar-refractivity contribution in [2.24, 2.45) is 0 Å². The van der Waals surface area contributed by atoms with E-state index in [4.69, 9.17) is 4.42 Å². The summed E-state index contributed by atoms with van der Waals surface area (Å²) in [4.78, 5) is 41.1. The molecule has 3 heterocycles. The average Bonchev–Trinajstić information content (AvgIpc) is 3.06. The maximum Gasteiger partial charge on any atom is 0.325 e. The molecular weight excluding hydrogens is 334 g/mol. The van der Waals surface area contributed by atoms with Crippen molar-refractivity contribution >= 4 is 17.8 Å². The average molecular weight is 361 g/mol. The van der Waals surface area contributed by atoms with Crippen molar-refractivity contribution < 1.29 is 18.8 Å². The normalized spacial score (nSPS) is 26.4. The van der Waals surface area contributed by atoms with Crippen LogP contribution in [0.25, 0.3) is 0 Å². The van der Waals surface area contributed by atoms with Gasteiger partial charge in [-0.1, -0.05) is 6.92 Å². The van der Waals surface area contributed by atoms with Gasteiger partial charge in [0.25, 0.3) is 5.91 Å². The van der Waals surface area contributed by atoms with E-state index in [9.17, 15) is 14.4 Å². The smallest absolute Gasteiger partial charge is 0.325 e. The number of piperidine rings is 1. The van der Waals surface area contributed by atoms with Gasteiger partial charge in [-0.2, -0.15) is 0 Å². The van der Waals surface area contributed by atoms with Crippen LogP contribution in [0.5, 0.6) is 0 Å². The lowest BCUT2D eigenvalue weighted by molar-refractivity contribution is -0.141. The Hall–Kier alpha value is -2.31. The molecule has 2 aliphatic rings. The Morgan fingerprint density at radius 3 is 2.69 bits per heavy atom. The fourth-order valence-corrected chi connectivity index (χ4v) is 4.13. The number of rotatable bonds is 4. The van der Waals surface area contributed by atoms with E-state index in [2.05, 4.69) is 12.2 Å². The summed E-state index contributed by atoms with van der Waals surface area (Å²) >= 11 is 0. The van der Waals surface area contributed by atoms with Gasteiger partial charge in [-0.05, 0) is 52.5 Å². The van der Waals surface area contributed by atoms with Crippen molar-refractivity contribution in [3.05, 3.63) is 23.2 Å². The third kappa shape index (κ3) is 2.99. The van der Waals surface area contributed by atoms with Gasteiger partial charge in [0.05, 0.1) is 0 Å². The summed E-state index contributed by atoms with van der Waals surface area (Å²) in [7, 11) is 0. The molecule has 0 bridgehead atoms. The van der Waals surface area contributed by atoms with Crippen molar-refractivity contribution in [2.45, 2.75) is 65.0 Å². The van der Waals surface area contributed by atoms with Crippen molar-refractivity contribution in [1.29, 1.82) is 0 Å². The third-order valence-corrected chi connectivity index (χ3v) is 5.57. The molecule has 2 aliphatic heterocycles. The molecule has 2 atom stereocenters. The number of nitrogens with one attached hydrogen (secondary N) is 1. The van der Waals surface area contributed by atoms with Crippen LogP contribution in [0, 0.1) is 13.8 Å². The maximum absolute atomic E-state index is 13.0. The molecule has 1 aromatic heterocycles. The second-order valence-electron chi connectivity index (χ2n) is 7.42. The molecule has 2 fully saturated rings. The van der Waals surface area contributed by atoms with Gasteiger partial charge in [-0.15, -0.1) is 0 Å². The first-order chi connectivity index (χ1) is 12.3. The van der Waals surface area contributed by atoms with Crippen LogP contribution in [-0.4, -0.2) is 46.8 Å². The van der Waals surface area contributed by atoms with E-state index in [1.54, 1.807) is 26.8 Å². The highest BCUT2D eigenvalue weighted by Gasteiger charge is 2.51. The summed E-state index contributed by atoms with van der Waals surface area (Å²) < 4.78 is 5.52. The van der Waals surface area contributed by atoms with E-state index >= 15 is 0 Å². The van der Waals surface area contributed by atoms with Gasteiger partial charge in [0.2, 0.25) is 5.91 Å². The van der Waals surface area contributed by atoms with Gasteiger partial charge in [-0.3, -0.25) is 14.5 Å². The van der Waals surface area contributed by atoms with Gasteiger partial charge < -0.3 is 14.6 Å². The number of hydrogen-bond donors (Lipinski definition) is 1. The third-order valence-electron chi connectivity index (χ3n) is 5.57. The van der Waals surface area contributed by atoms with Crippen LogP contribution < -0.4 is 5.32 Å². The van der Waals surface area contributed by atoms with Crippen LogP contribution in [-0.2, 0) is 15.1 Å². The summed E-state index contributed by atoms with van der Waals surface area (Å²) in [5, 5.41) is 2.74. The molecule has 0 aromatic carbocycles. The first-order valence-corrected chi connectivity index (χ1v) is 9.29. The van der Waals surface area contributed by atoms with Crippen molar-refractivity contribution in [1.82, 2.24) is 15.1 Å². The lowest BCUT2D eigenvalue weighted by Crippen LogP contribution is -2.49. The molecule has 7 heteroatoms. The Balaban J connectivity index is 1.79. The molecule has 1 N–H and O–H groups in total. The lowest BCUT2D eigenvalue weighted by atomic mass is 9.92. The zero-order valence-electron chi connectivity index (χ0n) is 15.9.